The Morgan fingerprint density at radius 2 is 2.50 bits per heavy atom. The second kappa shape index (κ2) is 2.51. The van der Waals surface area contributed by atoms with Crippen molar-refractivity contribution in [2.24, 2.45) is 4.99 Å². The van der Waals surface area contributed by atoms with E-state index in [1.165, 1.54) is 0 Å². The number of halogens is 2. The van der Waals surface area contributed by atoms with Crippen molar-refractivity contribution in [3.63, 3.8) is 0 Å². The van der Waals surface area contributed by atoms with Crippen LogP contribution in [-0.2, 0) is 0 Å². The molecule has 0 bridgehead atoms. The topological polar surface area (TPSA) is 12.4 Å². The third kappa shape index (κ3) is 1.49. The molecule has 1 atom stereocenters. The van der Waals surface area contributed by atoms with Crippen molar-refractivity contribution in [3.05, 3.63) is 11.1 Å². The molecule has 0 amide bonds. The van der Waals surface area contributed by atoms with Crippen molar-refractivity contribution in [1.29, 1.82) is 0 Å². The average molecular weight is 150 g/mol. The fraction of sp³-hybridized carbons (Fsp3) is 0.400. The van der Waals surface area contributed by atoms with E-state index in [2.05, 4.69) is 4.99 Å². The van der Waals surface area contributed by atoms with Crippen LogP contribution in [-0.4, -0.2) is 18.1 Å². The number of alkyl halides is 1. The Morgan fingerprint density at radius 3 is 2.88 bits per heavy atom. The van der Waals surface area contributed by atoms with E-state index < -0.39 is 0 Å². The number of hydrogen-bond donors (Lipinski definition) is 0. The van der Waals surface area contributed by atoms with Gasteiger partial charge in [-0.3, -0.25) is 4.99 Å². The van der Waals surface area contributed by atoms with Gasteiger partial charge in [0.1, 0.15) is 0 Å². The summed E-state index contributed by atoms with van der Waals surface area (Å²) in [6, 6.07) is 0. The quantitative estimate of drug-likeness (QED) is 0.467. The molecule has 1 heterocycles. The Bertz CT molecular complexity index is 139. The molecule has 0 aromatic heterocycles. The summed E-state index contributed by atoms with van der Waals surface area (Å²) in [6.07, 6.45) is 3.39. The van der Waals surface area contributed by atoms with Crippen LogP contribution in [0.15, 0.2) is 16.1 Å². The highest BCUT2D eigenvalue weighted by atomic mass is 35.5. The minimum absolute atomic E-state index is 0.00694. The summed E-state index contributed by atoms with van der Waals surface area (Å²) in [5.41, 5.74) is 0. The van der Waals surface area contributed by atoms with Gasteiger partial charge in [-0.1, -0.05) is 11.6 Å². The van der Waals surface area contributed by atoms with Crippen molar-refractivity contribution in [2.75, 3.05) is 6.54 Å². The van der Waals surface area contributed by atoms with Gasteiger partial charge in [0.05, 0.1) is 17.0 Å². The van der Waals surface area contributed by atoms with Gasteiger partial charge < -0.3 is 0 Å². The largest absolute Gasteiger partial charge is 0.290 e. The zero-order chi connectivity index (χ0) is 5.98. The van der Waals surface area contributed by atoms with E-state index >= 15 is 0 Å². The first kappa shape index (κ1) is 6.12. The van der Waals surface area contributed by atoms with E-state index in [0.717, 1.165) is 0 Å². The molecular weight excluding hydrogens is 145 g/mol. The summed E-state index contributed by atoms with van der Waals surface area (Å²) >= 11 is 11.2. The van der Waals surface area contributed by atoms with Crippen LogP contribution in [0.2, 0.25) is 0 Å². The molecule has 0 radical (unpaired) electrons. The lowest BCUT2D eigenvalue weighted by atomic mass is 10.3. The minimum atomic E-state index is -0.00694. The van der Waals surface area contributed by atoms with Crippen molar-refractivity contribution in [3.8, 4) is 0 Å². The highest BCUT2D eigenvalue weighted by Crippen LogP contribution is 2.09. The lowest BCUT2D eigenvalue weighted by Gasteiger charge is -2.03. The highest BCUT2D eigenvalue weighted by molar-refractivity contribution is 6.40. The number of rotatable bonds is 0. The molecule has 1 rings (SSSR count). The average Bonchev–Trinajstić information content (AvgIpc) is 1.64. The van der Waals surface area contributed by atoms with Gasteiger partial charge in [-0.15, -0.1) is 11.6 Å². The minimum Gasteiger partial charge on any atom is -0.290 e. The molecule has 44 valence electrons. The van der Waals surface area contributed by atoms with Crippen LogP contribution in [0.4, 0.5) is 0 Å². The lowest BCUT2D eigenvalue weighted by Crippen LogP contribution is -2.04. The zero-order valence-corrected chi connectivity index (χ0v) is 5.65. The molecule has 0 fully saturated rings. The number of hydrogen-bond acceptors (Lipinski definition) is 1. The smallest absolute Gasteiger partial charge is 0.0729 e. The number of allylic oxidation sites excluding steroid dienone is 1. The molecular formula is C5H5Cl2N. The van der Waals surface area contributed by atoms with Crippen molar-refractivity contribution >= 4 is 29.4 Å². The normalized spacial score (nSPS) is 27.8. The Hall–Kier alpha value is -0.0100. The van der Waals surface area contributed by atoms with Crippen LogP contribution >= 0.6 is 23.2 Å². The standard InChI is InChI=1S/C5H5Cl2N/c6-4-1-5(7)3-8-2-4/h1-2,5H,3H2. The van der Waals surface area contributed by atoms with Crippen molar-refractivity contribution in [2.45, 2.75) is 5.38 Å². The van der Waals surface area contributed by atoms with E-state index in [1.54, 1.807) is 12.3 Å². The SMILES string of the molecule is ClC1=CC(Cl)CN=C1. The monoisotopic (exact) mass is 149 g/mol. The summed E-state index contributed by atoms with van der Waals surface area (Å²) in [5, 5.41) is 0.628. The maximum absolute atomic E-state index is 5.64. The lowest BCUT2D eigenvalue weighted by molar-refractivity contribution is 1.01. The Kier molecular flexibility index (Phi) is 1.92. The molecule has 0 N–H and O–H groups in total. The third-order valence-corrected chi connectivity index (χ3v) is 1.32. The number of dihydropyridines is 1. The molecule has 3 heteroatoms. The van der Waals surface area contributed by atoms with Gasteiger partial charge in [0.15, 0.2) is 0 Å². The van der Waals surface area contributed by atoms with E-state index in [9.17, 15) is 0 Å². The van der Waals surface area contributed by atoms with Crippen LogP contribution in [0, 0.1) is 0 Å². The molecule has 0 saturated heterocycles. The van der Waals surface area contributed by atoms with Crippen molar-refractivity contribution < 1.29 is 0 Å². The molecule has 1 unspecified atom stereocenters. The summed E-state index contributed by atoms with van der Waals surface area (Å²) < 4.78 is 0. The van der Waals surface area contributed by atoms with E-state index in [-0.39, 0.29) is 5.38 Å². The van der Waals surface area contributed by atoms with Crippen LogP contribution in [0.1, 0.15) is 0 Å². The van der Waals surface area contributed by atoms with E-state index in [1.807, 2.05) is 0 Å². The van der Waals surface area contributed by atoms with Gasteiger partial charge in [0.25, 0.3) is 0 Å². The maximum Gasteiger partial charge on any atom is 0.0729 e. The van der Waals surface area contributed by atoms with Crippen LogP contribution < -0.4 is 0 Å². The van der Waals surface area contributed by atoms with Gasteiger partial charge in [-0.05, 0) is 6.08 Å². The fourth-order valence-corrected chi connectivity index (χ4v) is 1.01. The molecule has 1 aliphatic heterocycles. The Morgan fingerprint density at radius 1 is 1.75 bits per heavy atom. The van der Waals surface area contributed by atoms with Gasteiger partial charge in [0, 0.05) is 6.21 Å². The zero-order valence-electron chi connectivity index (χ0n) is 4.14. The molecule has 8 heavy (non-hydrogen) atoms. The van der Waals surface area contributed by atoms with E-state index in [0.29, 0.717) is 11.6 Å². The summed E-state index contributed by atoms with van der Waals surface area (Å²) in [5.74, 6) is 0. The molecule has 0 aliphatic carbocycles. The Labute approximate surface area is 58.0 Å². The molecule has 0 saturated carbocycles. The maximum atomic E-state index is 5.64. The predicted octanol–water partition coefficient (Wildman–Crippen LogP) is 1.80. The van der Waals surface area contributed by atoms with Gasteiger partial charge in [-0.25, -0.2) is 0 Å². The predicted molar refractivity (Wildman–Crippen MR) is 36.9 cm³/mol. The summed E-state index contributed by atoms with van der Waals surface area (Å²) in [4.78, 5) is 3.88. The number of nitrogens with zero attached hydrogens (tertiary/aromatic N) is 1. The second-order valence-corrected chi connectivity index (χ2v) is 2.56. The fourth-order valence-electron chi connectivity index (χ4n) is 0.509. The molecule has 0 aromatic rings. The van der Waals surface area contributed by atoms with Crippen LogP contribution in [0.25, 0.3) is 0 Å². The molecule has 0 spiro atoms. The summed E-state index contributed by atoms with van der Waals surface area (Å²) in [6.45, 7) is 0.651. The van der Waals surface area contributed by atoms with Crippen molar-refractivity contribution in [1.82, 2.24) is 0 Å². The summed E-state index contributed by atoms with van der Waals surface area (Å²) in [7, 11) is 0. The van der Waals surface area contributed by atoms with E-state index in [4.69, 9.17) is 23.2 Å². The third-order valence-electron chi connectivity index (χ3n) is 0.835. The first-order chi connectivity index (χ1) is 3.79. The molecule has 0 aromatic carbocycles. The van der Waals surface area contributed by atoms with Gasteiger partial charge >= 0.3 is 0 Å². The molecule has 1 nitrogen and oxygen atoms in total. The highest BCUT2D eigenvalue weighted by Gasteiger charge is 2.03. The van der Waals surface area contributed by atoms with Gasteiger partial charge in [0.2, 0.25) is 0 Å². The molecule has 1 aliphatic rings. The first-order valence-corrected chi connectivity index (χ1v) is 3.11. The first-order valence-electron chi connectivity index (χ1n) is 2.30. The number of aliphatic imine (C=N–C) groups is 1. The van der Waals surface area contributed by atoms with Crippen LogP contribution in [0.5, 0.6) is 0 Å². The van der Waals surface area contributed by atoms with Gasteiger partial charge in [-0.2, -0.15) is 0 Å². The Balaban J connectivity index is 2.63. The van der Waals surface area contributed by atoms with Crippen LogP contribution in [0.3, 0.4) is 0 Å². The second-order valence-electron chi connectivity index (χ2n) is 1.56.